The number of amides is 2. The number of hydrogen-bond donors (Lipinski definition) is 1. The largest absolute Gasteiger partial charge is 0.347 e. The van der Waals surface area contributed by atoms with Gasteiger partial charge in [-0.3, -0.25) is 9.59 Å². The fourth-order valence-corrected chi connectivity index (χ4v) is 2.19. The highest BCUT2D eigenvalue weighted by atomic mass is 16.2. The molecule has 1 N–H and O–H groups in total. The van der Waals surface area contributed by atoms with Crippen molar-refractivity contribution in [3.8, 4) is 0 Å². The van der Waals surface area contributed by atoms with E-state index in [-0.39, 0.29) is 11.8 Å². The molecule has 0 bridgehead atoms. The summed E-state index contributed by atoms with van der Waals surface area (Å²) in [6.07, 6.45) is 0.469. The van der Waals surface area contributed by atoms with E-state index in [0.717, 1.165) is 5.56 Å². The zero-order chi connectivity index (χ0) is 15.9. The molecule has 2 rings (SSSR count). The number of nitrogens with one attached hydrogen (secondary N) is 1. The number of hydrogen-bond acceptors (Lipinski definition) is 2. The van der Waals surface area contributed by atoms with E-state index in [1.54, 1.807) is 38.4 Å². The van der Waals surface area contributed by atoms with E-state index >= 15 is 0 Å². The van der Waals surface area contributed by atoms with Gasteiger partial charge in [0, 0.05) is 26.1 Å². The van der Waals surface area contributed by atoms with Gasteiger partial charge in [-0.15, -0.1) is 0 Å². The average molecular weight is 296 g/mol. The van der Waals surface area contributed by atoms with Gasteiger partial charge >= 0.3 is 0 Å². The number of carbonyl (C=O) groups excluding carboxylic acids is 2. The topological polar surface area (TPSA) is 49.4 Å². The van der Waals surface area contributed by atoms with Gasteiger partial charge in [0.05, 0.1) is 0 Å². The summed E-state index contributed by atoms with van der Waals surface area (Å²) in [5, 5.41) is 2.83. The molecule has 0 saturated heterocycles. The number of rotatable bonds is 5. The summed E-state index contributed by atoms with van der Waals surface area (Å²) in [4.78, 5) is 26.1. The van der Waals surface area contributed by atoms with E-state index in [9.17, 15) is 9.59 Å². The van der Waals surface area contributed by atoms with Crippen molar-refractivity contribution in [2.45, 2.75) is 12.5 Å². The first-order valence-corrected chi connectivity index (χ1v) is 7.19. The van der Waals surface area contributed by atoms with Gasteiger partial charge in [0.2, 0.25) is 5.91 Å². The molecular weight excluding hydrogens is 276 g/mol. The summed E-state index contributed by atoms with van der Waals surface area (Å²) in [7, 11) is 3.38. The van der Waals surface area contributed by atoms with Crippen LogP contribution in [0.3, 0.4) is 0 Å². The van der Waals surface area contributed by atoms with Crippen molar-refractivity contribution in [1.29, 1.82) is 0 Å². The molecular formula is C18H20N2O2. The molecule has 0 aliphatic carbocycles. The molecule has 2 aromatic carbocycles. The Morgan fingerprint density at radius 2 is 1.50 bits per heavy atom. The molecule has 0 radical (unpaired) electrons. The third-order valence-electron chi connectivity index (χ3n) is 3.36. The molecule has 0 aliphatic rings. The van der Waals surface area contributed by atoms with Crippen LogP contribution in [0.2, 0.25) is 0 Å². The van der Waals surface area contributed by atoms with Crippen molar-refractivity contribution in [3.63, 3.8) is 0 Å². The molecule has 0 saturated carbocycles. The van der Waals surface area contributed by atoms with Crippen molar-refractivity contribution >= 4 is 11.8 Å². The minimum absolute atomic E-state index is 0.117. The molecule has 4 heteroatoms. The molecule has 114 valence electrons. The lowest BCUT2D eigenvalue weighted by Gasteiger charge is -2.22. The van der Waals surface area contributed by atoms with Gasteiger partial charge in [0.1, 0.15) is 6.04 Å². The van der Waals surface area contributed by atoms with Gasteiger partial charge in [-0.2, -0.15) is 0 Å². The highest BCUT2D eigenvalue weighted by Gasteiger charge is 2.23. The van der Waals surface area contributed by atoms with Gasteiger partial charge in [0.15, 0.2) is 0 Å². The quantitative estimate of drug-likeness (QED) is 0.919. The second-order valence-electron chi connectivity index (χ2n) is 5.31. The second-order valence-corrected chi connectivity index (χ2v) is 5.31. The lowest BCUT2D eigenvalue weighted by molar-refractivity contribution is -0.130. The van der Waals surface area contributed by atoms with Crippen LogP contribution in [0.25, 0.3) is 0 Å². The van der Waals surface area contributed by atoms with Crippen molar-refractivity contribution in [1.82, 2.24) is 10.2 Å². The summed E-state index contributed by atoms with van der Waals surface area (Å²) < 4.78 is 0. The Bertz CT molecular complexity index is 624. The monoisotopic (exact) mass is 296 g/mol. The van der Waals surface area contributed by atoms with E-state index in [4.69, 9.17) is 0 Å². The van der Waals surface area contributed by atoms with E-state index < -0.39 is 6.04 Å². The molecule has 0 fully saturated rings. The number of benzene rings is 2. The highest BCUT2D eigenvalue weighted by Crippen LogP contribution is 2.07. The van der Waals surface area contributed by atoms with Crippen LogP contribution in [0.15, 0.2) is 60.7 Å². The zero-order valence-electron chi connectivity index (χ0n) is 12.8. The Morgan fingerprint density at radius 3 is 2.05 bits per heavy atom. The maximum Gasteiger partial charge on any atom is 0.251 e. The van der Waals surface area contributed by atoms with E-state index in [1.165, 1.54) is 4.90 Å². The minimum atomic E-state index is -0.579. The van der Waals surface area contributed by atoms with Gasteiger partial charge in [-0.05, 0) is 17.7 Å². The van der Waals surface area contributed by atoms with Crippen molar-refractivity contribution < 1.29 is 9.59 Å². The Balaban J connectivity index is 2.14. The SMILES string of the molecule is CN(C)C(=O)[C@@H](Cc1ccccc1)NC(=O)c1ccccc1. The van der Waals surface area contributed by atoms with Gasteiger partial charge in [-0.1, -0.05) is 48.5 Å². The molecule has 0 spiro atoms. The maximum atomic E-state index is 12.3. The molecule has 0 unspecified atom stereocenters. The van der Waals surface area contributed by atoms with E-state index in [0.29, 0.717) is 12.0 Å². The normalized spacial score (nSPS) is 11.5. The second kappa shape index (κ2) is 7.41. The first-order chi connectivity index (χ1) is 10.6. The molecule has 0 aliphatic heterocycles. The molecule has 4 nitrogen and oxygen atoms in total. The Hall–Kier alpha value is -2.62. The van der Waals surface area contributed by atoms with Crippen LogP contribution < -0.4 is 5.32 Å². The molecule has 22 heavy (non-hydrogen) atoms. The number of carbonyl (C=O) groups is 2. The summed E-state index contributed by atoms with van der Waals surface area (Å²) in [6.45, 7) is 0. The van der Waals surface area contributed by atoms with Gasteiger partial charge < -0.3 is 10.2 Å². The summed E-state index contributed by atoms with van der Waals surface area (Å²) in [5.41, 5.74) is 1.56. The number of likely N-dealkylation sites (N-methyl/N-ethyl adjacent to an activating group) is 1. The summed E-state index contributed by atoms with van der Waals surface area (Å²) >= 11 is 0. The average Bonchev–Trinajstić information content (AvgIpc) is 2.55. The third kappa shape index (κ3) is 4.19. The predicted octanol–water partition coefficient (Wildman–Crippen LogP) is 2.12. The highest BCUT2D eigenvalue weighted by molar-refractivity contribution is 5.97. The zero-order valence-corrected chi connectivity index (χ0v) is 12.8. The molecule has 2 aromatic rings. The Labute approximate surface area is 130 Å². The smallest absolute Gasteiger partial charge is 0.251 e. The van der Waals surface area contributed by atoms with Crippen LogP contribution >= 0.6 is 0 Å². The van der Waals surface area contributed by atoms with Crippen LogP contribution in [0.5, 0.6) is 0 Å². The molecule has 0 aromatic heterocycles. The van der Waals surface area contributed by atoms with Crippen LogP contribution in [0.1, 0.15) is 15.9 Å². The molecule has 1 atom stereocenters. The van der Waals surface area contributed by atoms with Gasteiger partial charge in [0.25, 0.3) is 5.91 Å². The fraction of sp³-hybridized carbons (Fsp3) is 0.222. The first-order valence-electron chi connectivity index (χ1n) is 7.19. The molecule has 2 amide bonds. The van der Waals surface area contributed by atoms with Gasteiger partial charge in [-0.25, -0.2) is 0 Å². The lowest BCUT2D eigenvalue weighted by atomic mass is 10.0. The summed E-state index contributed by atoms with van der Waals surface area (Å²) in [5.74, 6) is -0.357. The van der Waals surface area contributed by atoms with Crippen molar-refractivity contribution in [2.75, 3.05) is 14.1 Å². The maximum absolute atomic E-state index is 12.3. The first kappa shape index (κ1) is 15.8. The van der Waals surface area contributed by atoms with E-state index in [1.807, 2.05) is 36.4 Å². The van der Waals surface area contributed by atoms with Crippen LogP contribution in [-0.4, -0.2) is 36.9 Å². The van der Waals surface area contributed by atoms with Crippen LogP contribution in [-0.2, 0) is 11.2 Å². The lowest BCUT2D eigenvalue weighted by Crippen LogP contribution is -2.47. The predicted molar refractivity (Wildman–Crippen MR) is 86.5 cm³/mol. The number of nitrogens with zero attached hydrogens (tertiary/aromatic N) is 1. The Morgan fingerprint density at radius 1 is 0.955 bits per heavy atom. The summed E-state index contributed by atoms with van der Waals surface area (Å²) in [6, 6.07) is 18.0. The van der Waals surface area contributed by atoms with Crippen LogP contribution in [0.4, 0.5) is 0 Å². The van der Waals surface area contributed by atoms with Crippen LogP contribution in [0, 0.1) is 0 Å². The van der Waals surface area contributed by atoms with E-state index in [2.05, 4.69) is 5.32 Å². The standard InChI is InChI=1S/C18H20N2O2/c1-20(2)18(22)16(13-14-9-5-3-6-10-14)19-17(21)15-11-7-4-8-12-15/h3-12,16H,13H2,1-2H3,(H,19,21)/t16-/m1/s1. The Kier molecular flexibility index (Phi) is 5.31. The van der Waals surface area contributed by atoms with Crippen molar-refractivity contribution in [3.05, 3.63) is 71.8 Å². The fourth-order valence-electron chi connectivity index (χ4n) is 2.19. The van der Waals surface area contributed by atoms with Crippen molar-refractivity contribution in [2.24, 2.45) is 0 Å². The third-order valence-corrected chi connectivity index (χ3v) is 3.36. The minimum Gasteiger partial charge on any atom is -0.347 e. The molecule has 0 heterocycles.